The number of allylic oxidation sites excluding steroid dienone is 2. The molecule has 3 aromatic carbocycles. The molecule has 6 atom stereocenters. The second kappa shape index (κ2) is 13.7. The maximum atomic E-state index is 15.4. The standard InChI is InChI=1S/C35H23Cl2F5IN5O10/c1-44(2)27-17(47(54)55)8-12(9-18(27)48(56)57)45-30(50)14-5-4-13-15(20(14)31(45)51)10-34(36)32(52)46(28-25(41)23(39)22(38)24(40)26(28)42)33(53)35(34,37)21(13)11-6-16(43)29(49)19(7-11)58-3/h4,6-9,14-15,20-21,49H,5,10H2,1-3H3/t14-,15+,20-,21-,34+,35-/m0/s1. The lowest BCUT2D eigenvalue weighted by Crippen LogP contribution is -2.60. The van der Waals surface area contributed by atoms with Gasteiger partial charge in [0.2, 0.25) is 17.6 Å². The summed E-state index contributed by atoms with van der Waals surface area (Å²) in [5.41, 5.74) is -4.61. The highest BCUT2D eigenvalue weighted by molar-refractivity contribution is 14.1. The molecule has 3 aromatic rings. The molecule has 2 aliphatic heterocycles. The van der Waals surface area contributed by atoms with Crippen molar-refractivity contribution in [2.24, 2.45) is 17.8 Å². The molecule has 4 amide bonds. The van der Waals surface area contributed by atoms with E-state index in [4.69, 9.17) is 27.9 Å². The number of benzene rings is 3. The van der Waals surface area contributed by atoms with Crippen molar-refractivity contribution in [1.82, 2.24) is 0 Å². The highest BCUT2D eigenvalue weighted by Gasteiger charge is 2.77. The smallest absolute Gasteiger partial charge is 0.301 e. The van der Waals surface area contributed by atoms with Crippen LogP contribution in [0.5, 0.6) is 11.5 Å². The van der Waals surface area contributed by atoms with Gasteiger partial charge >= 0.3 is 11.4 Å². The number of nitrogens with zero attached hydrogens (tertiary/aromatic N) is 5. The lowest BCUT2D eigenvalue weighted by molar-refractivity contribution is -0.392. The van der Waals surface area contributed by atoms with Crippen molar-refractivity contribution in [2.75, 3.05) is 35.9 Å². The van der Waals surface area contributed by atoms with Crippen LogP contribution < -0.4 is 19.4 Å². The van der Waals surface area contributed by atoms with Gasteiger partial charge in [0, 0.05) is 32.1 Å². The molecule has 58 heavy (non-hydrogen) atoms. The Bertz CT molecular complexity index is 2450. The van der Waals surface area contributed by atoms with Crippen LogP contribution >= 0.6 is 45.8 Å². The van der Waals surface area contributed by atoms with Crippen LogP contribution in [-0.2, 0) is 19.2 Å². The van der Waals surface area contributed by atoms with E-state index in [1.54, 1.807) is 22.6 Å². The minimum atomic E-state index is -2.88. The average Bonchev–Trinajstić information content (AvgIpc) is 3.51. The van der Waals surface area contributed by atoms with Gasteiger partial charge in [-0.2, -0.15) is 0 Å². The molecule has 23 heteroatoms. The summed E-state index contributed by atoms with van der Waals surface area (Å²) in [5.74, 6) is -24.8. The number of carbonyl (C=O) groups is 4. The Morgan fingerprint density at radius 3 is 1.93 bits per heavy atom. The summed E-state index contributed by atoms with van der Waals surface area (Å²) in [5, 5.41) is 34.9. The van der Waals surface area contributed by atoms with Crippen molar-refractivity contribution in [3.05, 3.63) is 94.4 Å². The maximum absolute atomic E-state index is 15.4. The minimum Gasteiger partial charge on any atom is -0.504 e. The number of nitro benzene ring substituents is 2. The zero-order chi connectivity index (χ0) is 42.8. The van der Waals surface area contributed by atoms with Crippen LogP contribution in [-0.4, -0.2) is 69.5 Å². The number of aromatic hydroxyl groups is 1. The Kier molecular flexibility index (Phi) is 9.70. The summed E-state index contributed by atoms with van der Waals surface area (Å²) in [6.07, 6.45) is 0.236. The van der Waals surface area contributed by atoms with E-state index in [0.717, 1.165) is 24.1 Å². The van der Waals surface area contributed by atoms with Crippen LogP contribution in [0.25, 0.3) is 0 Å². The largest absolute Gasteiger partial charge is 0.504 e. The molecule has 4 aliphatic rings. The number of imide groups is 2. The Labute approximate surface area is 345 Å². The molecule has 304 valence electrons. The number of ether oxygens (including phenoxy) is 1. The summed E-state index contributed by atoms with van der Waals surface area (Å²) in [4.78, 5) is 75.5. The lowest BCUT2D eigenvalue weighted by Gasteiger charge is -2.50. The van der Waals surface area contributed by atoms with Gasteiger partial charge in [-0.3, -0.25) is 39.4 Å². The summed E-state index contributed by atoms with van der Waals surface area (Å²) < 4.78 is 79.3. The van der Waals surface area contributed by atoms with Gasteiger partial charge in [0.05, 0.1) is 38.0 Å². The first-order valence-electron chi connectivity index (χ1n) is 16.6. The average molecular weight is 966 g/mol. The van der Waals surface area contributed by atoms with Gasteiger partial charge in [0.15, 0.2) is 50.2 Å². The number of hydrogen-bond donors (Lipinski definition) is 1. The quantitative estimate of drug-likeness (QED) is 0.0319. The van der Waals surface area contributed by atoms with Crippen LogP contribution in [0.15, 0.2) is 35.9 Å². The number of anilines is 3. The van der Waals surface area contributed by atoms with Crippen molar-refractivity contribution in [3.8, 4) is 11.5 Å². The number of hydrogen-bond acceptors (Lipinski definition) is 11. The number of amides is 4. The fourth-order valence-electron chi connectivity index (χ4n) is 8.57. The predicted molar refractivity (Wildman–Crippen MR) is 200 cm³/mol. The third-order valence-electron chi connectivity index (χ3n) is 11.0. The zero-order valence-electron chi connectivity index (χ0n) is 29.5. The fourth-order valence-corrected chi connectivity index (χ4v) is 10.1. The molecule has 0 radical (unpaired) electrons. The fraction of sp³-hybridized carbons (Fsp3) is 0.314. The number of nitro groups is 2. The van der Waals surface area contributed by atoms with Gasteiger partial charge in [-0.05, 0) is 59.0 Å². The Morgan fingerprint density at radius 1 is 0.862 bits per heavy atom. The molecule has 1 saturated carbocycles. The number of alkyl halides is 2. The van der Waals surface area contributed by atoms with Gasteiger partial charge in [-0.25, -0.2) is 31.8 Å². The van der Waals surface area contributed by atoms with Crippen molar-refractivity contribution in [3.63, 3.8) is 0 Å². The first-order valence-corrected chi connectivity index (χ1v) is 18.5. The first-order chi connectivity index (χ1) is 27.1. The topological polar surface area (TPSA) is 194 Å². The van der Waals surface area contributed by atoms with E-state index in [9.17, 15) is 57.7 Å². The number of rotatable bonds is 7. The van der Waals surface area contributed by atoms with E-state index in [0.29, 0.717) is 4.90 Å². The van der Waals surface area contributed by atoms with Crippen LogP contribution in [0.1, 0.15) is 24.3 Å². The SMILES string of the molecule is COc1cc([C@H]2C3=CC[C@@H]4C(=O)N(c5cc([N+](=O)[O-])c(N(C)C)c([N+](=O)[O-])c5)C(=O)[C@@H]4[C@@H]3C[C@@]3(Cl)C(=O)N(c4c(F)c(F)c(F)c(F)c4F)C(=O)[C@@]23Cl)cc(I)c1O. The lowest BCUT2D eigenvalue weighted by atomic mass is 9.56. The van der Waals surface area contributed by atoms with Gasteiger partial charge < -0.3 is 14.7 Å². The molecule has 0 spiro atoms. The third kappa shape index (κ3) is 5.34. The molecule has 15 nitrogen and oxygen atoms in total. The molecular weight excluding hydrogens is 943 g/mol. The van der Waals surface area contributed by atoms with E-state index >= 15 is 8.78 Å². The van der Waals surface area contributed by atoms with Crippen molar-refractivity contribution >= 4 is 97.9 Å². The second-order valence-corrected chi connectivity index (χ2v) is 16.4. The number of methoxy groups -OCH3 is 1. The molecule has 0 aromatic heterocycles. The number of halogens is 8. The van der Waals surface area contributed by atoms with E-state index < -0.39 is 137 Å². The van der Waals surface area contributed by atoms with Crippen LogP contribution in [0.4, 0.5) is 50.4 Å². The summed E-state index contributed by atoms with van der Waals surface area (Å²) in [6, 6.07) is 4.05. The van der Waals surface area contributed by atoms with E-state index in [1.165, 1.54) is 32.3 Å². The first kappa shape index (κ1) is 41.0. The monoisotopic (exact) mass is 965 g/mol. The normalized spacial score (nSPS) is 26.4. The van der Waals surface area contributed by atoms with E-state index in [1.807, 2.05) is 0 Å². The second-order valence-electron chi connectivity index (χ2n) is 14.0. The Hall–Kier alpha value is -5.16. The molecule has 0 unspecified atom stereocenters. The summed E-state index contributed by atoms with van der Waals surface area (Å²) in [6.45, 7) is 0. The van der Waals surface area contributed by atoms with Crippen LogP contribution in [0, 0.1) is 70.6 Å². The van der Waals surface area contributed by atoms with Crippen molar-refractivity contribution < 1.29 is 60.8 Å². The number of carbonyl (C=O) groups excluding carboxylic acids is 4. The summed E-state index contributed by atoms with van der Waals surface area (Å²) >= 11 is 16.0. The highest BCUT2D eigenvalue weighted by atomic mass is 127. The highest BCUT2D eigenvalue weighted by Crippen LogP contribution is 2.66. The predicted octanol–water partition coefficient (Wildman–Crippen LogP) is 6.35. The number of fused-ring (bicyclic) bond motifs is 4. The maximum Gasteiger partial charge on any atom is 0.301 e. The van der Waals surface area contributed by atoms with E-state index in [2.05, 4.69) is 0 Å². The van der Waals surface area contributed by atoms with Gasteiger partial charge in [0.25, 0.3) is 11.8 Å². The molecule has 3 fully saturated rings. The molecule has 1 N–H and O–H groups in total. The van der Waals surface area contributed by atoms with Crippen LogP contribution in [0.2, 0.25) is 0 Å². The van der Waals surface area contributed by atoms with Gasteiger partial charge in [0.1, 0.15) is 5.69 Å². The molecule has 2 aliphatic carbocycles. The van der Waals surface area contributed by atoms with E-state index in [-0.39, 0.29) is 31.8 Å². The van der Waals surface area contributed by atoms with Gasteiger partial charge in [-0.1, -0.05) is 11.6 Å². The summed E-state index contributed by atoms with van der Waals surface area (Å²) in [7, 11) is 3.76. The van der Waals surface area contributed by atoms with Gasteiger partial charge in [-0.15, -0.1) is 23.2 Å². The Balaban J connectivity index is 1.44. The zero-order valence-corrected chi connectivity index (χ0v) is 33.2. The molecule has 7 rings (SSSR count). The molecule has 2 saturated heterocycles. The number of phenols is 1. The molecule has 0 bridgehead atoms. The molecular formula is C35H23Cl2F5IN5O10. The minimum absolute atomic E-state index is 0.0481. The Morgan fingerprint density at radius 2 is 1.41 bits per heavy atom. The van der Waals surface area contributed by atoms with Crippen molar-refractivity contribution in [1.29, 1.82) is 0 Å². The van der Waals surface area contributed by atoms with Crippen LogP contribution in [0.3, 0.4) is 0 Å². The molecule has 2 heterocycles. The third-order valence-corrected chi connectivity index (χ3v) is 13.2. The van der Waals surface area contributed by atoms with Crippen molar-refractivity contribution in [2.45, 2.75) is 28.5 Å². The number of phenolic OH excluding ortho intramolecular Hbond substituents is 1.